The van der Waals surface area contributed by atoms with E-state index in [0.29, 0.717) is 13.0 Å². The SMILES string of the molecule is Cc1ccc(NC(=O)C(C)CCN)cn1. The third kappa shape index (κ3) is 3.67. The first-order valence-electron chi connectivity index (χ1n) is 5.07. The number of hydrogen-bond acceptors (Lipinski definition) is 3. The van der Waals surface area contributed by atoms with E-state index in [0.717, 1.165) is 11.4 Å². The Morgan fingerprint density at radius 2 is 2.33 bits per heavy atom. The number of nitrogens with zero attached hydrogens (tertiary/aromatic N) is 1. The van der Waals surface area contributed by atoms with E-state index in [-0.39, 0.29) is 11.8 Å². The minimum Gasteiger partial charge on any atom is -0.330 e. The molecule has 1 amide bonds. The van der Waals surface area contributed by atoms with Crippen molar-refractivity contribution in [2.24, 2.45) is 11.7 Å². The summed E-state index contributed by atoms with van der Waals surface area (Å²) < 4.78 is 0. The lowest BCUT2D eigenvalue weighted by Gasteiger charge is -2.10. The van der Waals surface area contributed by atoms with E-state index in [9.17, 15) is 4.79 Å². The number of aromatic nitrogens is 1. The Bertz CT molecular complexity index is 321. The minimum atomic E-state index is -0.0590. The Morgan fingerprint density at radius 3 is 2.87 bits per heavy atom. The molecule has 4 nitrogen and oxygen atoms in total. The summed E-state index contributed by atoms with van der Waals surface area (Å²) in [6.07, 6.45) is 2.35. The second-order valence-electron chi connectivity index (χ2n) is 3.66. The van der Waals surface area contributed by atoms with Crippen LogP contribution in [0.25, 0.3) is 0 Å². The molecule has 1 heterocycles. The third-order valence-electron chi connectivity index (χ3n) is 2.23. The summed E-state index contributed by atoms with van der Waals surface area (Å²) >= 11 is 0. The highest BCUT2D eigenvalue weighted by atomic mass is 16.1. The molecule has 4 heteroatoms. The molecule has 82 valence electrons. The summed E-state index contributed by atoms with van der Waals surface area (Å²) in [7, 11) is 0. The van der Waals surface area contributed by atoms with Crippen LogP contribution < -0.4 is 11.1 Å². The molecule has 1 unspecified atom stereocenters. The highest BCUT2D eigenvalue weighted by molar-refractivity contribution is 5.92. The highest BCUT2D eigenvalue weighted by Crippen LogP contribution is 2.09. The van der Waals surface area contributed by atoms with Gasteiger partial charge in [-0.3, -0.25) is 9.78 Å². The number of carbonyl (C=O) groups is 1. The van der Waals surface area contributed by atoms with Crippen LogP contribution in [-0.4, -0.2) is 17.4 Å². The summed E-state index contributed by atoms with van der Waals surface area (Å²) in [6, 6.07) is 3.71. The van der Waals surface area contributed by atoms with E-state index in [2.05, 4.69) is 10.3 Å². The molecular weight excluding hydrogens is 190 g/mol. The van der Waals surface area contributed by atoms with Crippen LogP contribution in [-0.2, 0) is 4.79 Å². The molecule has 1 atom stereocenters. The predicted octanol–water partition coefficient (Wildman–Crippen LogP) is 1.31. The molecule has 0 saturated carbocycles. The zero-order valence-electron chi connectivity index (χ0n) is 9.16. The van der Waals surface area contributed by atoms with Crippen LogP contribution in [0.5, 0.6) is 0 Å². The maximum absolute atomic E-state index is 11.6. The summed E-state index contributed by atoms with van der Waals surface area (Å²) in [5, 5.41) is 2.80. The van der Waals surface area contributed by atoms with Gasteiger partial charge in [-0.05, 0) is 32.0 Å². The number of anilines is 1. The van der Waals surface area contributed by atoms with Gasteiger partial charge in [-0.15, -0.1) is 0 Å². The Hall–Kier alpha value is -1.42. The largest absolute Gasteiger partial charge is 0.330 e. The van der Waals surface area contributed by atoms with Gasteiger partial charge in [0.2, 0.25) is 5.91 Å². The lowest BCUT2D eigenvalue weighted by atomic mass is 10.1. The first-order chi connectivity index (χ1) is 7.13. The van der Waals surface area contributed by atoms with Crippen molar-refractivity contribution in [3.63, 3.8) is 0 Å². The normalized spacial score (nSPS) is 12.2. The van der Waals surface area contributed by atoms with Crippen molar-refractivity contribution in [3.05, 3.63) is 24.0 Å². The summed E-state index contributed by atoms with van der Waals surface area (Å²) in [5.41, 5.74) is 7.05. The van der Waals surface area contributed by atoms with Crippen LogP contribution in [0, 0.1) is 12.8 Å². The van der Waals surface area contributed by atoms with Crippen LogP contribution >= 0.6 is 0 Å². The average Bonchev–Trinajstić information content (AvgIpc) is 2.22. The topological polar surface area (TPSA) is 68.0 Å². The number of hydrogen-bond donors (Lipinski definition) is 2. The zero-order chi connectivity index (χ0) is 11.3. The Labute approximate surface area is 89.9 Å². The van der Waals surface area contributed by atoms with Crippen molar-refractivity contribution >= 4 is 11.6 Å². The number of carbonyl (C=O) groups excluding carboxylic acids is 1. The second kappa shape index (κ2) is 5.46. The van der Waals surface area contributed by atoms with Crippen LogP contribution in [0.15, 0.2) is 18.3 Å². The molecule has 1 rings (SSSR count). The number of amides is 1. The highest BCUT2D eigenvalue weighted by Gasteiger charge is 2.11. The van der Waals surface area contributed by atoms with E-state index < -0.39 is 0 Å². The van der Waals surface area contributed by atoms with E-state index in [1.54, 1.807) is 6.20 Å². The van der Waals surface area contributed by atoms with Crippen LogP contribution in [0.1, 0.15) is 19.0 Å². The quantitative estimate of drug-likeness (QED) is 0.782. The zero-order valence-corrected chi connectivity index (χ0v) is 9.16. The average molecular weight is 207 g/mol. The molecular formula is C11H17N3O. The molecule has 0 bridgehead atoms. The summed E-state index contributed by atoms with van der Waals surface area (Å²) in [5.74, 6) is -0.0672. The van der Waals surface area contributed by atoms with Gasteiger partial charge in [0.1, 0.15) is 0 Å². The Kier molecular flexibility index (Phi) is 4.24. The van der Waals surface area contributed by atoms with Gasteiger partial charge in [0.15, 0.2) is 0 Å². The molecule has 0 saturated heterocycles. The van der Waals surface area contributed by atoms with Crippen LogP contribution in [0.4, 0.5) is 5.69 Å². The number of nitrogens with two attached hydrogens (primary N) is 1. The fourth-order valence-corrected chi connectivity index (χ4v) is 1.19. The van der Waals surface area contributed by atoms with Gasteiger partial charge in [-0.25, -0.2) is 0 Å². The van der Waals surface area contributed by atoms with E-state index in [4.69, 9.17) is 5.73 Å². The molecule has 0 aromatic carbocycles. The van der Waals surface area contributed by atoms with Crippen LogP contribution in [0.2, 0.25) is 0 Å². The van der Waals surface area contributed by atoms with Crippen molar-refractivity contribution in [2.45, 2.75) is 20.3 Å². The molecule has 0 fully saturated rings. The Balaban J connectivity index is 2.54. The molecule has 1 aromatic heterocycles. The molecule has 0 radical (unpaired) electrons. The molecule has 0 aliphatic rings. The summed E-state index contributed by atoms with van der Waals surface area (Å²) in [6.45, 7) is 4.30. The number of aryl methyl sites for hydroxylation is 1. The third-order valence-corrected chi connectivity index (χ3v) is 2.23. The minimum absolute atomic E-state index is 0.00824. The lowest BCUT2D eigenvalue weighted by Crippen LogP contribution is -2.22. The van der Waals surface area contributed by atoms with Gasteiger partial charge in [0, 0.05) is 11.6 Å². The maximum atomic E-state index is 11.6. The van der Waals surface area contributed by atoms with E-state index in [1.807, 2.05) is 26.0 Å². The van der Waals surface area contributed by atoms with Crippen molar-refractivity contribution < 1.29 is 4.79 Å². The molecule has 3 N–H and O–H groups in total. The van der Waals surface area contributed by atoms with E-state index >= 15 is 0 Å². The standard InChI is InChI=1S/C11H17N3O/c1-8(5-6-12)11(15)14-10-4-3-9(2)13-7-10/h3-4,7-8H,5-6,12H2,1-2H3,(H,14,15). The second-order valence-corrected chi connectivity index (χ2v) is 3.66. The Morgan fingerprint density at radius 1 is 1.60 bits per heavy atom. The van der Waals surface area contributed by atoms with Gasteiger partial charge >= 0.3 is 0 Å². The maximum Gasteiger partial charge on any atom is 0.227 e. The number of nitrogens with one attached hydrogen (secondary N) is 1. The molecule has 0 aliphatic heterocycles. The fourth-order valence-electron chi connectivity index (χ4n) is 1.19. The smallest absolute Gasteiger partial charge is 0.227 e. The lowest BCUT2D eigenvalue weighted by molar-refractivity contribution is -0.119. The van der Waals surface area contributed by atoms with Gasteiger partial charge in [-0.2, -0.15) is 0 Å². The van der Waals surface area contributed by atoms with Crippen molar-refractivity contribution in [2.75, 3.05) is 11.9 Å². The molecule has 1 aromatic rings. The number of pyridine rings is 1. The summed E-state index contributed by atoms with van der Waals surface area (Å²) in [4.78, 5) is 15.7. The van der Waals surface area contributed by atoms with Crippen LogP contribution in [0.3, 0.4) is 0 Å². The molecule has 15 heavy (non-hydrogen) atoms. The van der Waals surface area contributed by atoms with Gasteiger partial charge in [0.05, 0.1) is 11.9 Å². The first kappa shape index (κ1) is 11.7. The molecule has 0 aliphatic carbocycles. The van der Waals surface area contributed by atoms with Gasteiger partial charge in [-0.1, -0.05) is 6.92 Å². The molecule has 0 spiro atoms. The fraction of sp³-hybridized carbons (Fsp3) is 0.455. The van der Waals surface area contributed by atoms with Crippen molar-refractivity contribution in [1.29, 1.82) is 0 Å². The van der Waals surface area contributed by atoms with Gasteiger partial charge < -0.3 is 11.1 Å². The predicted molar refractivity (Wildman–Crippen MR) is 60.4 cm³/mol. The van der Waals surface area contributed by atoms with Crippen molar-refractivity contribution in [3.8, 4) is 0 Å². The first-order valence-corrected chi connectivity index (χ1v) is 5.07. The monoisotopic (exact) mass is 207 g/mol. The van der Waals surface area contributed by atoms with Gasteiger partial charge in [0.25, 0.3) is 0 Å². The van der Waals surface area contributed by atoms with Crippen molar-refractivity contribution in [1.82, 2.24) is 4.98 Å². The number of rotatable bonds is 4. The van der Waals surface area contributed by atoms with E-state index in [1.165, 1.54) is 0 Å².